The molecular weight excluding hydrogens is 534 g/mol. The van der Waals surface area contributed by atoms with Gasteiger partial charge in [0, 0.05) is 55.4 Å². The number of nitrogens with one attached hydrogen (secondary N) is 1. The average Bonchev–Trinajstić information content (AvgIpc) is 3.07. The van der Waals surface area contributed by atoms with Gasteiger partial charge in [-0.3, -0.25) is 4.90 Å². The maximum atomic E-state index is 5.60. The summed E-state index contributed by atoms with van der Waals surface area (Å²) in [5.41, 5.74) is 3.15. The zero-order chi connectivity index (χ0) is 29.4. The summed E-state index contributed by atoms with van der Waals surface area (Å²) in [4.78, 5) is 15.0. The van der Waals surface area contributed by atoms with Crippen molar-refractivity contribution in [3.63, 3.8) is 0 Å². The fourth-order valence-electron chi connectivity index (χ4n) is 5.94. The number of rotatable bonds is 12. The van der Waals surface area contributed by atoms with E-state index in [0.717, 1.165) is 61.4 Å². The number of methoxy groups -OCH3 is 2. The number of anilines is 2. The highest BCUT2D eigenvalue weighted by Gasteiger charge is 2.17. The molecule has 1 N–H and O–H groups in total. The molecule has 7 nitrogen and oxygen atoms in total. The standard InChI is InChI=1S/C36H41N5O2/c1-42-33-25-31-32(26-34(33)43-2)38-35(29-17-16-27-12-8-9-13-28(27)24-29)39-36(31)37-18-10-3-4-11-19-40-20-22-41(23-21-40)30-14-6-5-7-15-30/h5-9,12-17,24-26H,3-4,10-11,18-23H2,1-2H3,(H,37,38,39). The molecule has 1 aromatic heterocycles. The Morgan fingerprint density at radius 1 is 0.698 bits per heavy atom. The second-order valence-electron chi connectivity index (χ2n) is 11.2. The first-order valence-electron chi connectivity index (χ1n) is 15.4. The molecule has 0 unspecified atom stereocenters. The lowest BCUT2D eigenvalue weighted by Gasteiger charge is -2.36. The summed E-state index contributed by atoms with van der Waals surface area (Å²) in [6.07, 6.45) is 4.75. The van der Waals surface area contributed by atoms with Crippen LogP contribution < -0.4 is 19.7 Å². The monoisotopic (exact) mass is 575 g/mol. The van der Waals surface area contributed by atoms with Crippen LogP contribution in [-0.4, -0.2) is 68.4 Å². The van der Waals surface area contributed by atoms with Crippen LogP contribution in [0.3, 0.4) is 0 Å². The number of ether oxygens (including phenoxy) is 2. The Kier molecular flexibility index (Phi) is 9.19. The van der Waals surface area contributed by atoms with Crippen molar-refractivity contribution in [2.75, 3.05) is 63.7 Å². The summed E-state index contributed by atoms with van der Waals surface area (Å²) in [6.45, 7) is 6.55. The normalized spacial score (nSPS) is 13.9. The van der Waals surface area contributed by atoms with E-state index in [-0.39, 0.29) is 0 Å². The van der Waals surface area contributed by atoms with Crippen LogP contribution in [0.1, 0.15) is 25.7 Å². The van der Waals surface area contributed by atoms with Crippen molar-refractivity contribution in [3.05, 3.63) is 84.9 Å². The lowest BCUT2D eigenvalue weighted by molar-refractivity contribution is 0.252. The molecule has 1 fully saturated rings. The zero-order valence-corrected chi connectivity index (χ0v) is 25.3. The predicted octanol–water partition coefficient (Wildman–Crippen LogP) is 7.26. The molecule has 0 aliphatic carbocycles. The van der Waals surface area contributed by atoms with Crippen LogP contribution in [0, 0.1) is 0 Å². The third kappa shape index (κ3) is 6.83. The maximum absolute atomic E-state index is 5.60. The number of hydrogen-bond donors (Lipinski definition) is 1. The molecule has 0 spiro atoms. The molecule has 7 heteroatoms. The highest BCUT2D eigenvalue weighted by atomic mass is 16.5. The summed E-state index contributed by atoms with van der Waals surface area (Å²) in [7, 11) is 3.31. The van der Waals surface area contributed by atoms with E-state index in [0.29, 0.717) is 17.3 Å². The molecule has 0 atom stereocenters. The number of para-hydroxylation sites is 1. The molecule has 6 rings (SSSR count). The van der Waals surface area contributed by atoms with Crippen LogP contribution in [0.2, 0.25) is 0 Å². The number of fused-ring (bicyclic) bond motifs is 2. The second-order valence-corrected chi connectivity index (χ2v) is 11.2. The van der Waals surface area contributed by atoms with Crippen molar-refractivity contribution in [2.24, 2.45) is 0 Å². The van der Waals surface area contributed by atoms with Gasteiger partial charge in [-0.25, -0.2) is 9.97 Å². The average molecular weight is 576 g/mol. The van der Waals surface area contributed by atoms with Gasteiger partial charge in [0.1, 0.15) is 5.82 Å². The van der Waals surface area contributed by atoms with Crippen LogP contribution in [0.25, 0.3) is 33.1 Å². The fourth-order valence-corrected chi connectivity index (χ4v) is 5.94. The van der Waals surface area contributed by atoms with Gasteiger partial charge in [0.15, 0.2) is 17.3 Å². The Bertz CT molecular complexity index is 1650. The van der Waals surface area contributed by atoms with Crippen molar-refractivity contribution in [3.8, 4) is 22.9 Å². The molecule has 43 heavy (non-hydrogen) atoms. The Labute approximate surface area is 254 Å². The first-order valence-corrected chi connectivity index (χ1v) is 15.4. The van der Waals surface area contributed by atoms with Crippen molar-refractivity contribution >= 4 is 33.2 Å². The van der Waals surface area contributed by atoms with Crippen molar-refractivity contribution < 1.29 is 9.47 Å². The van der Waals surface area contributed by atoms with Gasteiger partial charge in [0.25, 0.3) is 0 Å². The Morgan fingerprint density at radius 3 is 2.21 bits per heavy atom. The minimum atomic E-state index is 0.658. The Balaban J connectivity index is 1.06. The molecule has 222 valence electrons. The molecular formula is C36H41N5O2. The number of hydrogen-bond acceptors (Lipinski definition) is 7. The zero-order valence-electron chi connectivity index (χ0n) is 25.3. The quantitative estimate of drug-likeness (QED) is 0.157. The second kappa shape index (κ2) is 13.7. The van der Waals surface area contributed by atoms with Crippen molar-refractivity contribution in [1.29, 1.82) is 0 Å². The van der Waals surface area contributed by atoms with Crippen LogP contribution in [0.15, 0.2) is 84.9 Å². The summed E-state index contributed by atoms with van der Waals surface area (Å²) in [5.74, 6) is 2.85. The topological polar surface area (TPSA) is 62.8 Å². The van der Waals surface area contributed by atoms with Crippen molar-refractivity contribution in [1.82, 2.24) is 14.9 Å². The molecule has 0 radical (unpaired) electrons. The highest BCUT2D eigenvalue weighted by Crippen LogP contribution is 2.35. The van der Waals surface area contributed by atoms with Gasteiger partial charge < -0.3 is 19.7 Å². The summed E-state index contributed by atoms with van der Waals surface area (Å²) < 4.78 is 11.2. The minimum absolute atomic E-state index is 0.658. The Morgan fingerprint density at radius 2 is 1.42 bits per heavy atom. The van der Waals surface area contributed by atoms with Gasteiger partial charge in [0.05, 0.1) is 19.7 Å². The lowest BCUT2D eigenvalue weighted by atomic mass is 10.1. The molecule has 5 aromatic rings. The number of aromatic nitrogens is 2. The molecule has 0 amide bonds. The van der Waals surface area contributed by atoms with Gasteiger partial charge in [-0.15, -0.1) is 0 Å². The van der Waals surface area contributed by atoms with Crippen LogP contribution in [0.5, 0.6) is 11.5 Å². The predicted molar refractivity (Wildman–Crippen MR) is 178 cm³/mol. The van der Waals surface area contributed by atoms with E-state index >= 15 is 0 Å². The molecule has 0 bridgehead atoms. The molecule has 1 saturated heterocycles. The SMILES string of the molecule is COc1cc2nc(-c3ccc4ccccc4c3)nc(NCCCCCCN3CCN(c4ccccc4)CC3)c2cc1OC. The third-order valence-electron chi connectivity index (χ3n) is 8.40. The third-order valence-corrected chi connectivity index (χ3v) is 8.40. The minimum Gasteiger partial charge on any atom is -0.493 e. The maximum Gasteiger partial charge on any atom is 0.162 e. The van der Waals surface area contributed by atoms with Gasteiger partial charge in [0.2, 0.25) is 0 Å². The number of nitrogens with zero attached hydrogens (tertiary/aromatic N) is 4. The smallest absolute Gasteiger partial charge is 0.162 e. The molecule has 4 aromatic carbocycles. The molecule has 1 aliphatic rings. The van der Waals surface area contributed by atoms with E-state index in [1.807, 2.05) is 12.1 Å². The van der Waals surface area contributed by atoms with E-state index < -0.39 is 0 Å². The van der Waals surface area contributed by atoms with Crippen LogP contribution in [-0.2, 0) is 0 Å². The van der Waals surface area contributed by atoms with Gasteiger partial charge in [-0.1, -0.05) is 67.4 Å². The largest absolute Gasteiger partial charge is 0.493 e. The number of benzene rings is 4. The van der Waals surface area contributed by atoms with Crippen LogP contribution in [0.4, 0.5) is 11.5 Å². The Hall–Kier alpha value is -4.36. The van der Waals surface area contributed by atoms with E-state index in [9.17, 15) is 0 Å². The van der Waals surface area contributed by atoms with E-state index in [4.69, 9.17) is 19.4 Å². The van der Waals surface area contributed by atoms with E-state index in [2.05, 4.69) is 87.9 Å². The summed E-state index contributed by atoms with van der Waals surface area (Å²) >= 11 is 0. The van der Waals surface area contributed by atoms with Crippen molar-refractivity contribution in [2.45, 2.75) is 25.7 Å². The lowest BCUT2D eigenvalue weighted by Crippen LogP contribution is -2.46. The van der Waals surface area contributed by atoms with Crippen LogP contribution >= 0.6 is 0 Å². The molecule has 1 aliphatic heterocycles. The summed E-state index contributed by atoms with van der Waals surface area (Å²) in [6, 6.07) is 29.4. The first kappa shape index (κ1) is 28.7. The van der Waals surface area contributed by atoms with E-state index in [1.54, 1.807) is 14.2 Å². The summed E-state index contributed by atoms with van der Waals surface area (Å²) in [5, 5.41) is 6.92. The first-order chi connectivity index (χ1) is 21.2. The van der Waals surface area contributed by atoms with Gasteiger partial charge in [-0.2, -0.15) is 0 Å². The number of unbranched alkanes of at least 4 members (excludes halogenated alkanes) is 3. The molecule has 0 saturated carbocycles. The molecule has 2 heterocycles. The highest BCUT2D eigenvalue weighted by molar-refractivity contribution is 5.94. The van der Waals surface area contributed by atoms with Gasteiger partial charge in [-0.05, 0) is 54.4 Å². The fraction of sp³-hybridized carbons (Fsp3) is 0.333. The number of piperazine rings is 1. The van der Waals surface area contributed by atoms with E-state index in [1.165, 1.54) is 42.3 Å². The van der Waals surface area contributed by atoms with Gasteiger partial charge >= 0.3 is 0 Å².